The summed E-state index contributed by atoms with van der Waals surface area (Å²) < 4.78 is 60.3. The first-order chi connectivity index (χ1) is 36.9. The van der Waals surface area contributed by atoms with Crippen molar-refractivity contribution in [2.24, 2.45) is 28.1 Å². The van der Waals surface area contributed by atoms with Crippen molar-refractivity contribution in [3.05, 3.63) is 12.2 Å². The molecule has 28 heteroatoms. The molecule has 5 aliphatic heterocycles. The van der Waals surface area contributed by atoms with Crippen LogP contribution in [0.3, 0.4) is 0 Å². The highest BCUT2D eigenvalue weighted by Crippen LogP contribution is 2.74. The van der Waals surface area contributed by atoms with Gasteiger partial charge >= 0.3 is 5.97 Å². The molecule has 0 aromatic carbocycles. The number of fused-ring (bicyclic) bond motifs is 3. The summed E-state index contributed by atoms with van der Waals surface area (Å²) in [6, 6.07) is 0. The summed E-state index contributed by atoms with van der Waals surface area (Å²) in [6.07, 6.45) is -39.9. The zero-order chi connectivity index (χ0) is 56.7. The zero-order valence-electron chi connectivity index (χ0n) is 43.3. The van der Waals surface area contributed by atoms with Crippen molar-refractivity contribution in [1.82, 2.24) is 0 Å². The number of hydrogen-bond acceptors (Lipinski definition) is 28. The smallest absolute Gasteiger partial charge is 0.314 e. The van der Waals surface area contributed by atoms with Crippen LogP contribution >= 0.6 is 0 Å². The maximum absolute atomic E-state index is 14.9. The van der Waals surface area contributed by atoms with Crippen molar-refractivity contribution < 1.29 is 139 Å². The molecule has 0 radical (unpaired) electrons. The third-order valence-electron chi connectivity index (χ3n) is 19.2. The Morgan fingerprint density at radius 1 is 0.487 bits per heavy atom. The summed E-state index contributed by atoms with van der Waals surface area (Å²) >= 11 is 0. The van der Waals surface area contributed by atoms with E-state index in [0.29, 0.717) is 63.4 Å². The first kappa shape index (κ1) is 60.8. The molecule has 28 nitrogen and oxygen atoms in total. The Bertz CT molecular complexity index is 2070. The molecular weight excluding hydrogens is 1050 g/mol. The van der Waals surface area contributed by atoms with Crippen LogP contribution in [-0.4, -0.2) is 285 Å². The molecule has 9 fully saturated rings. The highest BCUT2D eigenvalue weighted by molar-refractivity contribution is 5.77. The predicted molar refractivity (Wildman–Crippen MR) is 252 cm³/mol. The summed E-state index contributed by atoms with van der Waals surface area (Å²) in [4.78, 5) is 14.9. The Hall–Kier alpha value is -1.83. The normalized spacial score (nSPS) is 54.5. The Balaban J connectivity index is 0.968. The third kappa shape index (κ3) is 10.3. The lowest BCUT2D eigenvalue weighted by atomic mass is 9.41. The van der Waals surface area contributed by atoms with Gasteiger partial charge in [0.25, 0.3) is 0 Å². The Kier molecular flexibility index (Phi) is 18.2. The topological polar surface area (TPSA) is 453 Å². The van der Waals surface area contributed by atoms with Gasteiger partial charge in [0, 0.05) is 0 Å². The summed E-state index contributed by atoms with van der Waals surface area (Å²) in [5.41, 5.74) is -2.81. The molecule has 10 unspecified atom stereocenters. The SMILES string of the molecule is C=C1C[C@@]23CC[C@H]4[C@@](C)(CCC[C@@]4(C)C(=O)O[C@@H]4OC(CO)[C@@H](O)[C@@H](O)C4O[C@@H]4OC(CO)[C@@H](O)[C@@H](O)C4O)[C@@H]2CC[C@]1(O[C@@H]1OC(CO)[C@@H](O)[C@@H](O[C@@H]2OC(CO)[C@@H](O)[C@@H](O)C2O)C1O[C@@H]1OC(CO)[C@@H](O)[C@@H](O)C1O)C3. The minimum absolute atomic E-state index is 0.0705. The maximum atomic E-state index is 14.9. The van der Waals surface area contributed by atoms with Crippen LogP contribution in [0.15, 0.2) is 12.2 Å². The number of rotatable bonds is 15. The number of hydrogen-bond donors (Lipinski definition) is 17. The molecule has 17 N–H and O–H groups in total. The molecular formula is C50H80O28. The average molecular weight is 1130 g/mol. The first-order valence-electron chi connectivity index (χ1n) is 26.9. The van der Waals surface area contributed by atoms with Crippen LogP contribution in [0, 0.1) is 28.1 Å². The maximum Gasteiger partial charge on any atom is 0.314 e. The lowest BCUT2D eigenvalue weighted by Gasteiger charge is -2.64. The number of aliphatic hydroxyl groups is 17. The molecule has 9 aliphatic rings. The van der Waals surface area contributed by atoms with E-state index in [1.54, 1.807) is 6.92 Å². The highest BCUT2D eigenvalue weighted by Gasteiger charge is 2.70. The van der Waals surface area contributed by atoms with Crippen molar-refractivity contribution in [2.45, 2.75) is 231 Å². The summed E-state index contributed by atoms with van der Waals surface area (Å²) in [7, 11) is 0. The molecule has 78 heavy (non-hydrogen) atoms. The molecule has 0 amide bonds. The summed E-state index contributed by atoms with van der Waals surface area (Å²) in [6.45, 7) is 4.32. The zero-order valence-corrected chi connectivity index (χ0v) is 43.3. The van der Waals surface area contributed by atoms with Gasteiger partial charge in [0.2, 0.25) is 6.29 Å². The van der Waals surface area contributed by atoms with Crippen molar-refractivity contribution in [3.63, 3.8) is 0 Å². The number of aliphatic hydroxyl groups excluding tert-OH is 17. The van der Waals surface area contributed by atoms with Crippen LogP contribution in [-0.2, 0) is 52.2 Å². The molecule has 4 saturated carbocycles. The Morgan fingerprint density at radius 2 is 0.910 bits per heavy atom. The van der Waals surface area contributed by atoms with Gasteiger partial charge < -0.3 is 134 Å². The molecule has 9 rings (SSSR count). The van der Waals surface area contributed by atoms with Gasteiger partial charge in [-0.05, 0) is 86.5 Å². The van der Waals surface area contributed by atoms with Gasteiger partial charge in [0.15, 0.2) is 31.3 Å². The minimum atomic E-state index is -1.99. The minimum Gasteiger partial charge on any atom is -0.432 e. The van der Waals surface area contributed by atoms with E-state index < -0.39 is 214 Å². The van der Waals surface area contributed by atoms with Gasteiger partial charge in [-0.2, -0.15) is 0 Å². The number of carbonyl (C=O) groups is 1. The number of ether oxygens (including phenoxy) is 10. The van der Waals surface area contributed by atoms with Crippen molar-refractivity contribution in [3.8, 4) is 0 Å². The van der Waals surface area contributed by atoms with E-state index in [1.807, 2.05) is 0 Å². The van der Waals surface area contributed by atoms with Gasteiger partial charge in [-0.15, -0.1) is 0 Å². The Morgan fingerprint density at radius 3 is 1.41 bits per heavy atom. The van der Waals surface area contributed by atoms with Crippen LogP contribution in [0.25, 0.3) is 0 Å². The molecule has 1 spiro atoms. The molecule has 5 heterocycles. The fourth-order valence-electron chi connectivity index (χ4n) is 15.0. The van der Waals surface area contributed by atoms with Crippen molar-refractivity contribution in [2.75, 3.05) is 33.0 Å². The summed E-state index contributed by atoms with van der Waals surface area (Å²) in [5, 5.41) is 181. The van der Waals surface area contributed by atoms with E-state index >= 15 is 0 Å². The van der Waals surface area contributed by atoms with Crippen LogP contribution in [0.1, 0.15) is 71.6 Å². The van der Waals surface area contributed by atoms with Gasteiger partial charge in [0.1, 0.15) is 116 Å². The fourth-order valence-corrected chi connectivity index (χ4v) is 15.0. The monoisotopic (exact) mass is 1130 g/mol. The average Bonchev–Trinajstić information content (AvgIpc) is 3.69. The van der Waals surface area contributed by atoms with Gasteiger partial charge in [-0.25, -0.2) is 0 Å². The fraction of sp³-hybridized carbons (Fsp3) is 0.940. The molecule has 0 aromatic rings. The quantitative estimate of drug-likeness (QED) is 0.0411. The second-order valence-corrected chi connectivity index (χ2v) is 23.6. The van der Waals surface area contributed by atoms with E-state index in [2.05, 4.69) is 13.5 Å². The van der Waals surface area contributed by atoms with E-state index in [1.165, 1.54) is 0 Å². The van der Waals surface area contributed by atoms with Crippen molar-refractivity contribution in [1.29, 1.82) is 0 Å². The standard InChI is InChI=1S/C50H80O28/c1-18-11-49-9-5-24-47(2,7-4-8-48(24,3)46(68)77-44-39(34(64)29(59)22(15-54)72-44)75-42-36(66)32(62)27(57)20(13-52)70-42)25(49)6-10-50(18,17-49)78-45-40(76-43-37(67)33(63)28(58)21(14-53)71-43)38(30(60)23(16-55)73-45)74-41-35(65)31(61)26(56)19(12-51)69-41/h19-45,51-67H,1,4-17H2,2-3H3/t19?,20?,21?,22?,23?,24-,25-,26+,27+,28+,29+,30+,31+,32+,33+,34+,35?,36?,37?,38+,39?,40?,41-,42-,43-,44-,45-,47+,48+,49+,50-/m0/s1. The molecule has 0 aromatic heterocycles. The lowest BCUT2D eigenvalue weighted by molar-refractivity contribution is -0.400. The van der Waals surface area contributed by atoms with Crippen LogP contribution < -0.4 is 0 Å². The largest absolute Gasteiger partial charge is 0.432 e. The number of esters is 1. The van der Waals surface area contributed by atoms with Crippen LogP contribution in [0.2, 0.25) is 0 Å². The van der Waals surface area contributed by atoms with E-state index in [9.17, 15) is 91.6 Å². The number of carbonyl (C=O) groups excluding carboxylic acids is 1. The lowest BCUT2D eigenvalue weighted by Crippen LogP contribution is -2.68. The van der Waals surface area contributed by atoms with Gasteiger partial charge in [-0.1, -0.05) is 19.9 Å². The molecule has 448 valence electrons. The van der Waals surface area contributed by atoms with Gasteiger partial charge in [-0.3, -0.25) is 4.79 Å². The molecule has 2 bridgehead atoms. The van der Waals surface area contributed by atoms with E-state index in [4.69, 9.17) is 47.4 Å². The molecule has 5 saturated heterocycles. The first-order valence-corrected chi connectivity index (χ1v) is 26.9. The third-order valence-corrected chi connectivity index (χ3v) is 19.2. The second kappa shape index (κ2) is 23.3. The molecule has 31 atom stereocenters. The molecule has 4 aliphatic carbocycles. The van der Waals surface area contributed by atoms with Gasteiger partial charge in [0.05, 0.1) is 44.1 Å². The van der Waals surface area contributed by atoms with E-state index in [-0.39, 0.29) is 11.8 Å². The summed E-state index contributed by atoms with van der Waals surface area (Å²) in [5.74, 6) is -1.14. The highest BCUT2D eigenvalue weighted by atomic mass is 16.8. The Labute approximate surface area is 448 Å². The van der Waals surface area contributed by atoms with Crippen molar-refractivity contribution >= 4 is 5.97 Å². The second-order valence-electron chi connectivity index (χ2n) is 23.6. The van der Waals surface area contributed by atoms with Crippen LogP contribution in [0.4, 0.5) is 0 Å². The van der Waals surface area contributed by atoms with Crippen LogP contribution in [0.5, 0.6) is 0 Å². The van der Waals surface area contributed by atoms with E-state index in [0.717, 1.165) is 0 Å². The predicted octanol–water partition coefficient (Wildman–Crippen LogP) is -7.29.